The average Bonchev–Trinajstić information content (AvgIpc) is 2.95. The number of benzene rings is 2. The number of aliphatic hydroxyl groups excluding tert-OH is 1. The second-order valence-corrected chi connectivity index (χ2v) is 5.34. The highest BCUT2D eigenvalue weighted by Gasteiger charge is 2.21. The predicted molar refractivity (Wildman–Crippen MR) is 82.2 cm³/mol. The Balaban J connectivity index is 1.90. The Morgan fingerprint density at radius 2 is 2.10 bits per heavy atom. The summed E-state index contributed by atoms with van der Waals surface area (Å²) in [5.74, 6) is 1.18. The van der Waals surface area contributed by atoms with Crippen LogP contribution in [0.15, 0.2) is 36.4 Å². The molecule has 0 aromatic heterocycles. The fourth-order valence-corrected chi connectivity index (χ4v) is 2.62. The van der Waals surface area contributed by atoms with Crippen LogP contribution in [0.4, 0.5) is 5.69 Å². The van der Waals surface area contributed by atoms with E-state index in [9.17, 15) is 5.11 Å². The molecule has 0 bridgehead atoms. The number of nitrogens with one attached hydrogen (secondary N) is 1. The van der Waals surface area contributed by atoms with Gasteiger partial charge in [0.25, 0.3) is 0 Å². The zero-order chi connectivity index (χ0) is 14.8. The number of fused-ring (bicyclic) bond motifs is 1. The van der Waals surface area contributed by atoms with E-state index in [1.165, 1.54) is 0 Å². The third-order valence-corrected chi connectivity index (χ3v) is 3.79. The van der Waals surface area contributed by atoms with Crippen LogP contribution in [0.2, 0.25) is 5.02 Å². The zero-order valence-corrected chi connectivity index (χ0v) is 12.4. The molecule has 0 fully saturated rings. The minimum absolute atomic E-state index is 0.0513. The summed E-state index contributed by atoms with van der Waals surface area (Å²) in [6, 6.07) is 11.3. The Labute approximate surface area is 128 Å². The summed E-state index contributed by atoms with van der Waals surface area (Å²) in [7, 11) is 0. The molecule has 4 nitrogen and oxygen atoms in total. The van der Waals surface area contributed by atoms with Gasteiger partial charge in [0.1, 0.15) is 0 Å². The van der Waals surface area contributed by atoms with Crippen LogP contribution >= 0.6 is 11.6 Å². The molecule has 2 aromatic rings. The molecule has 0 aliphatic carbocycles. The molecule has 2 N–H and O–H groups in total. The Kier molecular flexibility index (Phi) is 3.90. The first-order valence-corrected chi connectivity index (χ1v) is 7.09. The van der Waals surface area contributed by atoms with E-state index in [0.29, 0.717) is 16.5 Å². The standard InChI is InChI=1S/C16H16ClNO3/c1-10-4-2-3-5-13(10)18-14(8-19)11-6-12(17)16-15(7-11)20-9-21-16/h2-7,14,18-19H,8-9H2,1H3. The minimum atomic E-state index is -0.266. The first-order valence-electron chi connectivity index (χ1n) is 6.71. The van der Waals surface area contributed by atoms with E-state index < -0.39 is 0 Å². The Bertz CT molecular complexity index is 660. The van der Waals surface area contributed by atoms with Gasteiger partial charge >= 0.3 is 0 Å². The molecule has 1 aliphatic rings. The van der Waals surface area contributed by atoms with Crippen molar-refractivity contribution >= 4 is 17.3 Å². The van der Waals surface area contributed by atoms with Gasteiger partial charge in [-0.15, -0.1) is 0 Å². The fourth-order valence-electron chi connectivity index (χ4n) is 2.35. The Morgan fingerprint density at radius 3 is 2.86 bits per heavy atom. The van der Waals surface area contributed by atoms with Gasteiger partial charge in [-0.05, 0) is 36.2 Å². The van der Waals surface area contributed by atoms with Gasteiger partial charge in [0.15, 0.2) is 11.5 Å². The topological polar surface area (TPSA) is 50.7 Å². The quantitative estimate of drug-likeness (QED) is 0.907. The van der Waals surface area contributed by atoms with Crippen molar-refractivity contribution in [3.63, 3.8) is 0 Å². The summed E-state index contributed by atoms with van der Waals surface area (Å²) < 4.78 is 10.7. The van der Waals surface area contributed by atoms with Gasteiger partial charge < -0.3 is 19.9 Å². The maximum Gasteiger partial charge on any atom is 0.231 e. The molecule has 3 rings (SSSR count). The van der Waals surface area contributed by atoms with Crippen LogP contribution in [0.25, 0.3) is 0 Å². The Morgan fingerprint density at radius 1 is 1.29 bits per heavy atom. The van der Waals surface area contributed by atoms with Gasteiger partial charge in [0.05, 0.1) is 17.7 Å². The van der Waals surface area contributed by atoms with Gasteiger partial charge in [-0.25, -0.2) is 0 Å². The number of anilines is 1. The molecule has 2 aromatic carbocycles. The lowest BCUT2D eigenvalue weighted by Crippen LogP contribution is -2.15. The van der Waals surface area contributed by atoms with Crippen molar-refractivity contribution in [1.82, 2.24) is 0 Å². The number of para-hydroxylation sites is 1. The lowest BCUT2D eigenvalue weighted by molar-refractivity contribution is 0.174. The Hall–Kier alpha value is -1.91. The van der Waals surface area contributed by atoms with Crippen molar-refractivity contribution in [3.05, 3.63) is 52.5 Å². The molecular formula is C16H16ClNO3. The average molecular weight is 306 g/mol. The van der Waals surface area contributed by atoms with Crippen LogP contribution in [0, 0.1) is 6.92 Å². The van der Waals surface area contributed by atoms with Crippen molar-refractivity contribution in [1.29, 1.82) is 0 Å². The van der Waals surface area contributed by atoms with Crippen molar-refractivity contribution in [3.8, 4) is 11.5 Å². The number of ether oxygens (including phenoxy) is 2. The van der Waals surface area contributed by atoms with Gasteiger partial charge in [0.2, 0.25) is 6.79 Å². The number of aliphatic hydroxyl groups is 1. The molecule has 0 saturated heterocycles. The van der Waals surface area contributed by atoms with Crippen molar-refractivity contribution in [2.75, 3.05) is 18.7 Å². The van der Waals surface area contributed by atoms with Crippen molar-refractivity contribution in [2.45, 2.75) is 13.0 Å². The molecule has 0 spiro atoms. The van der Waals surface area contributed by atoms with E-state index in [-0.39, 0.29) is 19.4 Å². The molecule has 1 unspecified atom stereocenters. The molecule has 21 heavy (non-hydrogen) atoms. The summed E-state index contributed by atoms with van der Waals surface area (Å²) in [5, 5.41) is 13.5. The largest absolute Gasteiger partial charge is 0.454 e. The van der Waals surface area contributed by atoms with E-state index in [1.54, 1.807) is 6.07 Å². The summed E-state index contributed by atoms with van der Waals surface area (Å²) >= 11 is 6.20. The van der Waals surface area contributed by atoms with Crippen molar-refractivity contribution in [2.24, 2.45) is 0 Å². The molecule has 0 saturated carbocycles. The SMILES string of the molecule is Cc1ccccc1NC(CO)c1cc(Cl)c2c(c1)OCO2. The zero-order valence-electron chi connectivity index (χ0n) is 11.6. The number of hydrogen-bond acceptors (Lipinski definition) is 4. The van der Waals surface area contributed by atoms with Crippen LogP contribution in [-0.2, 0) is 0 Å². The van der Waals surface area contributed by atoms with Gasteiger partial charge in [-0.2, -0.15) is 0 Å². The highest BCUT2D eigenvalue weighted by atomic mass is 35.5. The third-order valence-electron chi connectivity index (χ3n) is 3.51. The molecule has 110 valence electrons. The maximum absolute atomic E-state index is 9.69. The number of hydrogen-bond donors (Lipinski definition) is 2. The molecule has 1 aliphatic heterocycles. The predicted octanol–water partition coefficient (Wildman–Crippen LogP) is 3.52. The highest BCUT2D eigenvalue weighted by molar-refractivity contribution is 6.32. The lowest BCUT2D eigenvalue weighted by Gasteiger charge is -2.20. The normalized spacial score (nSPS) is 14.0. The van der Waals surface area contributed by atoms with Crippen LogP contribution in [0.5, 0.6) is 11.5 Å². The maximum atomic E-state index is 9.69. The monoisotopic (exact) mass is 305 g/mol. The molecular weight excluding hydrogens is 290 g/mol. The van der Waals surface area contributed by atoms with Gasteiger partial charge in [-0.3, -0.25) is 0 Å². The van der Waals surface area contributed by atoms with Crippen molar-refractivity contribution < 1.29 is 14.6 Å². The first-order chi connectivity index (χ1) is 10.2. The van der Waals surface area contributed by atoms with Crippen LogP contribution in [-0.4, -0.2) is 18.5 Å². The van der Waals surface area contributed by atoms with Crippen LogP contribution in [0.3, 0.4) is 0 Å². The lowest BCUT2D eigenvalue weighted by atomic mass is 10.1. The molecule has 1 heterocycles. The highest BCUT2D eigenvalue weighted by Crippen LogP contribution is 2.41. The van der Waals surface area contributed by atoms with Gasteiger partial charge in [-0.1, -0.05) is 29.8 Å². The molecule has 5 heteroatoms. The van der Waals surface area contributed by atoms with Crippen LogP contribution in [0.1, 0.15) is 17.2 Å². The summed E-state index contributed by atoms with van der Waals surface area (Å²) in [6.07, 6.45) is 0. The minimum Gasteiger partial charge on any atom is -0.454 e. The van der Waals surface area contributed by atoms with E-state index >= 15 is 0 Å². The second-order valence-electron chi connectivity index (χ2n) is 4.93. The summed E-state index contributed by atoms with van der Waals surface area (Å²) in [4.78, 5) is 0. The summed E-state index contributed by atoms with van der Waals surface area (Å²) in [6.45, 7) is 2.14. The molecule has 0 amide bonds. The third kappa shape index (κ3) is 2.77. The first kappa shape index (κ1) is 14.0. The van der Waals surface area contributed by atoms with E-state index in [2.05, 4.69) is 5.32 Å². The van der Waals surface area contributed by atoms with E-state index in [1.807, 2.05) is 37.3 Å². The van der Waals surface area contributed by atoms with E-state index in [4.69, 9.17) is 21.1 Å². The fraction of sp³-hybridized carbons (Fsp3) is 0.250. The van der Waals surface area contributed by atoms with Gasteiger partial charge in [0, 0.05) is 5.69 Å². The smallest absolute Gasteiger partial charge is 0.231 e. The molecule has 0 radical (unpaired) electrons. The number of halogens is 1. The molecule has 1 atom stereocenters. The van der Waals surface area contributed by atoms with E-state index in [0.717, 1.165) is 16.8 Å². The number of rotatable bonds is 4. The van der Waals surface area contributed by atoms with Crippen LogP contribution < -0.4 is 14.8 Å². The summed E-state index contributed by atoms with van der Waals surface area (Å²) in [5.41, 5.74) is 2.95. The number of aryl methyl sites for hydroxylation is 1. The second kappa shape index (κ2) is 5.84.